The summed E-state index contributed by atoms with van der Waals surface area (Å²) in [6, 6.07) is 20.8. The molecule has 0 aliphatic carbocycles. The number of nitrogens with one attached hydrogen (secondary N) is 1. The minimum atomic E-state index is -4.66. The average Bonchev–Trinajstić information content (AvgIpc) is 3.70. The number of hydrogen-bond donors (Lipinski definition) is 1. The van der Waals surface area contributed by atoms with Gasteiger partial charge in [-0.25, -0.2) is 4.90 Å². The van der Waals surface area contributed by atoms with Gasteiger partial charge in [0.1, 0.15) is 11.8 Å². The van der Waals surface area contributed by atoms with Crippen LogP contribution >= 0.6 is 34.4 Å². The number of imide groups is 1. The van der Waals surface area contributed by atoms with E-state index in [1.165, 1.54) is 22.0 Å². The molecule has 4 heterocycles. The van der Waals surface area contributed by atoms with E-state index in [2.05, 4.69) is 5.32 Å². The van der Waals surface area contributed by atoms with Gasteiger partial charge in [0.2, 0.25) is 17.7 Å². The third-order valence-electron chi connectivity index (χ3n) is 7.70. The number of thiophene rings is 1. The zero-order valence-corrected chi connectivity index (χ0v) is 24.9. The Morgan fingerprint density at radius 3 is 2.45 bits per heavy atom. The van der Waals surface area contributed by atoms with E-state index in [0.29, 0.717) is 15.6 Å². The van der Waals surface area contributed by atoms with Crippen molar-refractivity contribution in [2.24, 2.45) is 5.92 Å². The monoisotopic (exact) mass is 651 g/mol. The molecule has 3 atom stereocenters. The van der Waals surface area contributed by atoms with Crippen LogP contribution in [0.3, 0.4) is 0 Å². The molecule has 3 aromatic carbocycles. The lowest BCUT2D eigenvalue weighted by molar-refractivity contribution is -0.137. The lowest BCUT2D eigenvalue weighted by atomic mass is 9.87. The number of amides is 3. The number of fused-ring (bicyclic) bond motifs is 3. The summed E-state index contributed by atoms with van der Waals surface area (Å²) in [4.78, 5) is 56.0. The van der Waals surface area contributed by atoms with Gasteiger partial charge in [0.15, 0.2) is 0 Å². The zero-order valence-electron chi connectivity index (χ0n) is 22.4. The van der Waals surface area contributed by atoms with Crippen molar-refractivity contribution in [1.82, 2.24) is 4.57 Å². The topological polar surface area (TPSA) is 88.5 Å². The number of alkyl halides is 3. The SMILES string of the molecule is O=C(Cn1c2c(sc1=O)[C@H](c1cccs1)C1C(=O)N(c3cccc(C(F)(F)F)c3)C(=O)C1S2)Nc1cccc2ccccc12. The standard InChI is InChI=1S/C31H20F3N3O4S3/c32-31(33,34)17-8-4-9-18(14-17)37-27(39)24-23(21-12-5-13-42-21)26-29(43-25(24)28(37)40)36(30(41)44-26)15-22(38)35-20-11-3-7-16-6-1-2-10-19(16)20/h1-14,23-25H,15H2,(H,35,38)/t23-,24?,25?/m1/s1. The number of carbonyl (C=O) groups is 3. The first kappa shape index (κ1) is 28.6. The molecule has 2 aliphatic rings. The maximum atomic E-state index is 13.9. The Kier molecular flexibility index (Phi) is 6.98. The highest BCUT2D eigenvalue weighted by molar-refractivity contribution is 8.00. The van der Waals surface area contributed by atoms with Crippen LogP contribution in [-0.4, -0.2) is 27.5 Å². The van der Waals surface area contributed by atoms with Gasteiger partial charge >= 0.3 is 11.0 Å². The van der Waals surface area contributed by atoms with Crippen molar-refractivity contribution < 1.29 is 27.6 Å². The molecule has 2 unspecified atom stereocenters. The molecule has 2 aromatic heterocycles. The number of nitrogens with zero attached hydrogens (tertiary/aromatic N) is 2. The summed E-state index contributed by atoms with van der Waals surface area (Å²) in [6.07, 6.45) is -4.66. The number of rotatable bonds is 5. The first-order chi connectivity index (χ1) is 21.1. The highest BCUT2D eigenvalue weighted by Gasteiger charge is 2.57. The number of thiazole rings is 1. The van der Waals surface area contributed by atoms with Gasteiger partial charge in [-0.3, -0.25) is 23.7 Å². The van der Waals surface area contributed by atoms with Crippen molar-refractivity contribution in [3.05, 3.63) is 109 Å². The van der Waals surface area contributed by atoms with E-state index in [1.807, 2.05) is 41.8 Å². The van der Waals surface area contributed by atoms with Gasteiger partial charge in [-0.1, -0.05) is 71.6 Å². The zero-order chi connectivity index (χ0) is 30.7. The fourth-order valence-electron chi connectivity index (χ4n) is 5.77. The van der Waals surface area contributed by atoms with Gasteiger partial charge < -0.3 is 5.32 Å². The second-order valence-corrected chi connectivity index (χ2v) is 13.4. The van der Waals surface area contributed by atoms with Gasteiger partial charge in [0.25, 0.3) is 0 Å². The van der Waals surface area contributed by atoms with Gasteiger partial charge in [-0.2, -0.15) is 13.2 Å². The summed E-state index contributed by atoms with van der Waals surface area (Å²) in [6.45, 7) is -0.324. The molecule has 1 fully saturated rings. The maximum absolute atomic E-state index is 13.9. The predicted octanol–water partition coefficient (Wildman–Crippen LogP) is 6.58. The predicted molar refractivity (Wildman–Crippen MR) is 164 cm³/mol. The highest BCUT2D eigenvalue weighted by atomic mass is 32.2. The first-order valence-corrected chi connectivity index (χ1v) is 16.0. The Labute approximate surface area is 259 Å². The van der Waals surface area contributed by atoms with E-state index in [1.54, 1.807) is 18.2 Å². The third-order valence-corrected chi connectivity index (χ3v) is 11.3. The molecule has 44 heavy (non-hydrogen) atoms. The number of benzene rings is 3. The minimum Gasteiger partial charge on any atom is -0.324 e. The molecule has 222 valence electrons. The van der Waals surface area contributed by atoms with Crippen molar-refractivity contribution in [2.75, 3.05) is 10.2 Å². The Morgan fingerprint density at radius 1 is 0.909 bits per heavy atom. The second-order valence-electron chi connectivity index (χ2n) is 10.3. The number of anilines is 2. The Balaban J connectivity index is 1.25. The van der Waals surface area contributed by atoms with E-state index >= 15 is 0 Å². The summed E-state index contributed by atoms with van der Waals surface area (Å²) in [5.41, 5.74) is -0.550. The van der Waals surface area contributed by atoms with Crippen molar-refractivity contribution in [3.8, 4) is 0 Å². The normalized spacial score (nSPS) is 19.7. The van der Waals surface area contributed by atoms with Crippen LogP contribution < -0.4 is 15.1 Å². The summed E-state index contributed by atoms with van der Waals surface area (Å²) in [5, 5.41) is 5.87. The van der Waals surface area contributed by atoms with Gasteiger partial charge in [0.05, 0.1) is 22.2 Å². The van der Waals surface area contributed by atoms with Crippen LogP contribution in [0.2, 0.25) is 0 Å². The molecule has 1 saturated heterocycles. The summed E-state index contributed by atoms with van der Waals surface area (Å²) in [5.74, 6) is -3.36. The lowest BCUT2D eigenvalue weighted by Crippen LogP contribution is -2.32. The van der Waals surface area contributed by atoms with Gasteiger partial charge in [0, 0.05) is 26.7 Å². The van der Waals surface area contributed by atoms with Crippen molar-refractivity contribution in [2.45, 2.75) is 28.9 Å². The molecule has 0 spiro atoms. The van der Waals surface area contributed by atoms with Crippen LogP contribution in [0.5, 0.6) is 0 Å². The van der Waals surface area contributed by atoms with Crippen LogP contribution in [0.15, 0.2) is 94.1 Å². The molecule has 3 amide bonds. The lowest BCUT2D eigenvalue weighted by Gasteiger charge is -2.29. The number of carbonyl (C=O) groups excluding carboxylic acids is 3. The molecule has 13 heteroatoms. The largest absolute Gasteiger partial charge is 0.416 e. The van der Waals surface area contributed by atoms with Crippen LogP contribution in [0.4, 0.5) is 24.5 Å². The minimum absolute atomic E-state index is 0.162. The van der Waals surface area contributed by atoms with Gasteiger partial charge in [-0.15, -0.1) is 11.3 Å². The number of aromatic nitrogens is 1. The first-order valence-electron chi connectivity index (χ1n) is 13.4. The second kappa shape index (κ2) is 10.8. The van der Waals surface area contributed by atoms with Crippen molar-refractivity contribution >= 4 is 74.3 Å². The summed E-state index contributed by atoms with van der Waals surface area (Å²) >= 11 is 3.28. The molecule has 5 aromatic rings. The smallest absolute Gasteiger partial charge is 0.324 e. The summed E-state index contributed by atoms with van der Waals surface area (Å²) in [7, 11) is 0. The van der Waals surface area contributed by atoms with Gasteiger partial charge in [-0.05, 0) is 41.1 Å². The Bertz CT molecular complexity index is 2010. The van der Waals surface area contributed by atoms with E-state index in [9.17, 15) is 32.3 Å². The summed E-state index contributed by atoms with van der Waals surface area (Å²) < 4.78 is 41.7. The fourth-order valence-corrected chi connectivity index (χ4v) is 9.49. The van der Waals surface area contributed by atoms with Crippen molar-refractivity contribution in [3.63, 3.8) is 0 Å². The van der Waals surface area contributed by atoms with E-state index in [4.69, 9.17) is 0 Å². The molecule has 2 aliphatic heterocycles. The van der Waals surface area contributed by atoms with Crippen LogP contribution in [-0.2, 0) is 27.1 Å². The molecule has 7 nitrogen and oxygen atoms in total. The number of halogens is 3. The number of thioether (sulfide) groups is 1. The molecule has 1 N–H and O–H groups in total. The molecule has 0 radical (unpaired) electrons. The molecular formula is C31H20F3N3O4S3. The number of hydrogen-bond acceptors (Lipinski definition) is 7. The third kappa shape index (κ3) is 4.75. The van der Waals surface area contributed by atoms with Crippen LogP contribution in [0.1, 0.15) is 21.2 Å². The van der Waals surface area contributed by atoms with Crippen molar-refractivity contribution in [1.29, 1.82) is 0 Å². The average molecular weight is 652 g/mol. The van der Waals surface area contributed by atoms with E-state index in [-0.39, 0.29) is 12.2 Å². The Morgan fingerprint density at radius 2 is 1.68 bits per heavy atom. The quantitative estimate of drug-likeness (QED) is 0.217. The molecular weight excluding hydrogens is 632 g/mol. The van der Waals surface area contributed by atoms with E-state index < -0.39 is 51.4 Å². The van der Waals surface area contributed by atoms with E-state index in [0.717, 1.165) is 61.8 Å². The van der Waals surface area contributed by atoms with Crippen LogP contribution in [0.25, 0.3) is 10.8 Å². The fraction of sp³-hybridized carbons (Fsp3) is 0.161. The highest BCUT2D eigenvalue weighted by Crippen LogP contribution is 2.54. The molecule has 0 saturated carbocycles. The Hall–Kier alpha value is -4.20. The van der Waals surface area contributed by atoms with Crippen LogP contribution in [0, 0.1) is 5.92 Å². The molecule has 0 bridgehead atoms. The molecule has 7 rings (SSSR count). The maximum Gasteiger partial charge on any atom is 0.416 e.